The van der Waals surface area contributed by atoms with Crippen molar-refractivity contribution in [3.63, 3.8) is 0 Å². The molecule has 1 aromatic carbocycles. The van der Waals surface area contributed by atoms with Crippen LogP contribution < -0.4 is 10.6 Å². The molecule has 1 amide bonds. The molecule has 1 saturated heterocycles. The number of nitrogens with zero attached hydrogens (tertiary/aromatic N) is 2. The Labute approximate surface area is 136 Å². The summed E-state index contributed by atoms with van der Waals surface area (Å²) in [6.45, 7) is 3.38. The van der Waals surface area contributed by atoms with Crippen molar-refractivity contribution in [3.8, 4) is 0 Å². The molecule has 1 aromatic heterocycles. The fourth-order valence-corrected chi connectivity index (χ4v) is 2.82. The molecular formula is C18H22N4O. The third kappa shape index (κ3) is 3.93. The van der Waals surface area contributed by atoms with Crippen LogP contribution in [-0.4, -0.2) is 22.4 Å². The number of amides is 1. The van der Waals surface area contributed by atoms with Gasteiger partial charge in [-0.05, 0) is 31.9 Å². The molecule has 0 bridgehead atoms. The second kappa shape index (κ2) is 7.33. The molecule has 1 aliphatic rings. The van der Waals surface area contributed by atoms with E-state index in [1.165, 1.54) is 12.8 Å². The minimum absolute atomic E-state index is 0.130. The molecule has 1 fully saturated rings. The number of aromatic nitrogens is 2. The number of rotatable bonds is 4. The Morgan fingerprint density at radius 2 is 2.13 bits per heavy atom. The minimum Gasteiger partial charge on any atom is -0.348 e. The lowest BCUT2D eigenvalue weighted by atomic mass is 10.0. The number of aryl methyl sites for hydroxylation is 1. The zero-order valence-corrected chi connectivity index (χ0v) is 13.4. The summed E-state index contributed by atoms with van der Waals surface area (Å²) in [7, 11) is 0. The van der Waals surface area contributed by atoms with Crippen LogP contribution in [0.1, 0.15) is 52.7 Å². The fourth-order valence-electron chi connectivity index (χ4n) is 2.82. The number of carbonyl (C=O) groups excluding carboxylic acids is 1. The number of piperidine rings is 1. The highest BCUT2D eigenvalue weighted by atomic mass is 16.1. The highest BCUT2D eigenvalue weighted by Gasteiger charge is 2.19. The van der Waals surface area contributed by atoms with Gasteiger partial charge in [-0.15, -0.1) is 0 Å². The molecule has 0 spiro atoms. The Bertz CT molecular complexity index is 666. The standard InChI is InChI=1S/C18H22N4O/c1-13-15(18(23)21-11-14-7-3-2-4-8-14)12-20-17(22-13)16-9-5-6-10-19-16/h2-4,7-8,12,16,19H,5-6,9-11H2,1H3,(H,21,23). The number of hydrogen-bond acceptors (Lipinski definition) is 4. The Kier molecular flexibility index (Phi) is 4.98. The number of carbonyl (C=O) groups is 1. The zero-order valence-electron chi connectivity index (χ0n) is 13.4. The average Bonchev–Trinajstić information content (AvgIpc) is 2.61. The van der Waals surface area contributed by atoms with Gasteiger partial charge in [0, 0.05) is 12.7 Å². The van der Waals surface area contributed by atoms with Crippen LogP contribution in [0.2, 0.25) is 0 Å². The summed E-state index contributed by atoms with van der Waals surface area (Å²) in [5, 5.41) is 6.35. The van der Waals surface area contributed by atoms with Crippen LogP contribution in [0.3, 0.4) is 0 Å². The van der Waals surface area contributed by atoms with Gasteiger partial charge in [0.15, 0.2) is 0 Å². The van der Waals surface area contributed by atoms with Crippen molar-refractivity contribution in [2.24, 2.45) is 0 Å². The quantitative estimate of drug-likeness (QED) is 0.910. The van der Waals surface area contributed by atoms with Crippen molar-refractivity contribution in [3.05, 3.63) is 59.2 Å². The predicted octanol–water partition coefficient (Wildman–Crippen LogP) is 2.53. The van der Waals surface area contributed by atoms with Crippen molar-refractivity contribution in [2.75, 3.05) is 6.54 Å². The monoisotopic (exact) mass is 310 g/mol. The van der Waals surface area contributed by atoms with E-state index in [2.05, 4.69) is 20.6 Å². The SMILES string of the molecule is Cc1nc(C2CCCCN2)ncc1C(=O)NCc1ccccc1. The molecule has 1 aliphatic heterocycles. The molecule has 2 aromatic rings. The van der Waals surface area contributed by atoms with Crippen LogP contribution in [0, 0.1) is 6.92 Å². The number of hydrogen-bond donors (Lipinski definition) is 2. The van der Waals surface area contributed by atoms with E-state index >= 15 is 0 Å². The first-order valence-electron chi connectivity index (χ1n) is 8.13. The fraction of sp³-hybridized carbons (Fsp3) is 0.389. The molecule has 23 heavy (non-hydrogen) atoms. The average molecular weight is 310 g/mol. The first kappa shape index (κ1) is 15.6. The van der Waals surface area contributed by atoms with Crippen LogP contribution in [0.15, 0.2) is 36.5 Å². The summed E-state index contributed by atoms with van der Waals surface area (Å²) in [5.41, 5.74) is 2.34. The molecule has 0 saturated carbocycles. The summed E-state index contributed by atoms with van der Waals surface area (Å²) in [6.07, 6.45) is 5.10. The lowest BCUT2D eigenvalue weighted by Gasteiger charge is -2.22. The largest absolute Gasteiger partial charge is 0.348 e. The maximum atomic E-state index is 12.3. The van der Waals surface area contributed by atoms with Gasteiger partial charge in [-0.3, -0.25) is 4.79 Å². The lowest BCUT2D eigenvalue weighted by Crippen LogP contribution is -2.29. The molecule has 0 radical (unpaired) electrons. The molecule has 5 nitrogen and oxygen atoms in total. The molecular weight excluding hydrogens is 288 g/mol. The normalized spacial score (nSPS) is 17.7. The van der Waals surface area contributed by atoms with Gasteiger partial charge in [0.05, 0.1) is 17.3 Å². The van der Waals surface area contributed by atoms with Gasteiger partial charge in [-0.2, -0.15) is 0 Å². The van der Waals surface area contributed by atoms with E-state index in [-0.39, 0.29) is 11.9 Å². The first-order valence-corrected chi connectivity index (χ1v) is 8.13. The van der Waals surface area contributed by atoms with Crippen molar-refractivity contribution in [1.82, 2.24) is 20.6 Å². The van der Waals surface area contributed by atoms with E-state index in [1.807, 2.05) is 37.3 Å². The van der Waals surface area contributed by atoms with E-state index in [1.54, 1.807) is 6.20 Å². The van der Waals surface area contributed by atoms with E-state index in [9.17, 15) is 4.79 Å². The van der Waals surface area contributed by atoms with Gasteiger partial charge < -0.3 is 10.6 Å². The van der Waals surface area contributed by atoms with Crippen molar-refractivity contribution in [1.29, 1.82) is 0 Å². The second-order valence-electron chi connectivity index (χ2n) is 5.90. The highest BCUT2D eigenvalue weighted by molar-refractivity contribution is 5.94. The van der Waals surface area contributed by atoms with Crippen molar-refractivity contribution < 1.29 is 4.79 Å². The zero-order chi connectivity index (χ0) is 16.1. The molecule has 1 atom stereocenters. The van der Waals surface area contributed by atoms with E-state index in [0.717, 1.165) is 30.0 Å². The maximum absolute atomic E-state index is 12.3. The molecule has 1 unspecified atom stereocenters. The van der Waals surface area contributed by atoms with E-state index in [0.29, 0.717) is 12.1 Å². The van der Waals surface area contributed by atoms with Crippen LogP contribution in [0.25, 0.3) is 0 Å². The van der Waals surface area contributed by atoms with Gasteiger partial charge in [0.1, 0.15) is 5.82 Å². The van der Waals surface area contributed by atoms with Crippen LogP contribution in [0.4, 0.5) is 0 Å². The summed E-state index contributed by atoms with van der Waals surface area (Å²) < 4.78 is 0. The minimum atomic E-state index is -0.130. The number of benzene rings is 1. The van der Waals surface area contributed by atoms with Gasteiger partial charge in [-0.25, -0.2) is 9.97 Å². The Balaban J connectivity index is 1.66. The Morgan fingerprint density at radius 3 is 2.83 bits per heavy atom. The van der Waals surface area contributed by atoms with Gasteiger partial charge in [-0.1, -0.05) is 36.8 Å². The van der Waals surface area contributed by atoms with Crippen LogP contribution in [-0.2, 0) is 6.54 Å². The van der Waals surface area contributed by atoms with Gasteiger partial charge in [0.2, 0.25) is 0 Å². The third-order valence-electron chi connectivity index (χ3n) is 4.16. The Morgan fingerprint density at radius 1 is 1.30 bits per heavy atom. The van der Waals surface area contributed by atoms with Gasteiger partial charge in [0.25, 0.3) is 5.91 Å². The molecule has 120 valence electrons. The first-order chi connectivity index (χ1) is 11.2. The number of nitrogens with one attached hydrogen (secondary N) is 2. The summed E-state index contributed by atoms with van der Waals surface area (Å²) >= 11 is 0. The van der Waals surface area contributed by atoms with Crippen molar-refractivity contribution >= 4 is 5.91 Å². The molecule has 2 N–H and O–H groups in total. The van der Waals surface area contributed by atoms with Gasteiger partial charge >= 0.3 is 0 Å². The van der Waals surface area contributed by atoms with Crippen LogP contribution >= 0.6 is 0 Å². The smallest absolute Gasteiger partial charge is 0.254 e. The van der Waals surface area contributed by atoms with E-state index in [4.69, 9.17) is 0 Å². The lowest BCUT2D eigenvalue weighted by molar-refractivity contribution is 0.0949. The van der Waals surface area contributed by atoms with Crippen molar-refractivity contribution in [2.45, 2.75) is 38.8 Å². The topological polar surface area (TPSA) is 66.9 Å². The molecule has 0 aliphatic carbocycles. The second-order valence-corrected chi connectivity index (χ2v) is 5.90. The summed E-state index contributed by atoms with van der Waals surface area (Å²) in [6, 6.07) is 10.1. The maximum Gasteiger partial charge on any atom is 0.254 e. The summed E-state index contributed by atoms with van der Waals surface area (Å²) in [4.78, 5) is 21.3. The highest BCUT2D eigenvalue weighted by Crippen LogP contribution is 2.20. The summed E-state index contributed by atoms with van der Waals surface area (Å²) in [5.74, 6) is 0.663. The van der Waals surface area contributed by atoms with E-state index < -0.39 is 0 Å². The van der Waals surface area contributed by atoms with Crippen LogP contribution in [0.5, 0.6) is 0 Å². The molecule has 2 heterocycles. The molecule has 3 rings (SSSR count). The predicted molar refractivity (Wildman–Crippen MR) is 89.0 cm³/mol. The molecule has 5 heteroatoms. The Hall–Kier alpha value is -2.27. The third-order valence-corrected chi connectivity index (χ3v) is 4.16.